The van der Waals surface area contributed by atoms with Gasteiger partial charge in [0, 0.05) is 15.4 Å². The van der Waals surface area contributed by atoms with E-state index in [2.05, 4.69) is 6.58 Å². The van der Waals surface area contributed by atoms with Gasteiger partial charge in [0.25, 0.3) is 0 Å². The van der Waals surface area contributed by atoms with E-state index in [1.54, 1.807) is 48.2 Å². The Hall–Kier alpha value is -3.41. The topological polar surface area (TPSA) is 51.2 Å². The van der Waals surface area contributed by atoms with Crippen LogP contribution in [0.5, 0.6) is 0 Å². The van der Waals surface area contributed by atoms with Gasteiger partial charge in [0.15, 0.2) is 15.6 Å². The molecule has 4 rings (SSSR count). The van der Waals surface area contributed by atoms with Gasteiger partial charge in [-0.1, -0.05) is 90.6 Å². The van der Waals surface area contributed by atoms with E-state index in [-0.39, 0.29) is 4.90 Å². The van der Waals surface area contributed by atoms with E-state index < -0.39 is 20.4 Å². The number of rotatable bonds is 8. The van der Waals surface area contributed by atoms with E-state index in [1.165, 1.54) is 13.8 Å². The van der Waals surface area contributed by atoms with Gasteiger partial charge in [0.2, 0.25) is 0 Å². The summed E-state index contributed by atoms with van der Waals surface area (Å²) < 4.78 is 24.9. The molecule has 0 aliphatic heterocycles. The minimum atomic E-state index is -3.85. The minimum absolute atomic E-state index is 0.150. The number of aryl methyl sites for hydroxylation is 1. The highest BCUT2D eigenvalue weighted by Crippen LogP contribution is 2.32. The van der Waals surface area contributed by atoms with Gasteiger partial charge in [-0.15, -0.1) is 0 Å². The van der Waals surface area contributed by atoms with Gasteiger partial charge in [-0.2, -0.15) is 0 Å². The molecule has 4 aromatic carbocycles. The van der Waals surface area contributed by atoms with Gasteiger partial charge in [0.05, 0.1) is 4.90 Å². The van der Waals surface area contributed by atoms with Crippen LogP contribution in [0.25, 0.3) is 5.57 Å². The van der Waals surface area contributed by atoms with Crippen LogP contribution in [0, 0.1) is 6.92 Å². The van der Waals surface area contributed by atoms with Crippen molar-refractivity contribution in [2.24, 2.45) is 0 Å². The first-order chi connectivity index (χ1) is 17.1. The number of hydrogen-bond donors (Lipinski definition) is 0. The Labute approximate surface area is 217 Å². The van der Waals surface area contributed by atoms with Crippen LogP contribution < -0.4 is 0 Å². The fourth-order valence-electron chi connectivity index (χ4n) is 3.82. The Balaban J connectivity index is 1.47. The van der Waals surface area contributed by atoms with Crippen LogP contribution in [-0.4, -0.2) is 18.9 Å². The van der Waals surface area contributed by atoms with Gasteiger partial charge in [0.1, 0.15) is 4.75 Å². The normalized spacial score (nSPS) is 11.8. The SMILES string of the molecule is C=C(c1ccccc1)c1ccc(Sc2ccc(C(=O)C(C)(C)S(=O)(=O)c3ccc(C)cc3)cc2)cc1. The van der Waals surface area contributed by atoms with E-state index in [9.17, 15) is 13.2 Å². The zero-order valence-corrected chi connectivity index (χ0v) is 22.2. The van der Waals surface area contributed by atoms with Crippen molar-refractivity contribution < 1.29 is 13.2 Å². The van der Waals surface area contributed by atoms with Crippen molar-refractivity contribution in [1.29, 1.82) is 0 Å². The molecular weight excluding hydrogens is 484 g/mol. The number of carbonyl (C=O) groups is 1. The summed E-state index contributed by atoms with van der Waals surface area (Å²) in [5.74, 6) is -0.427. The number of hydrogen-bond acceptors (Lipinski definition) is 4. The van der Waals surface area contributed by atoms with Crippen molar-refractivity contribution in [1.82, 2.24) is 0 Å². The van der Waals surface area contributed by atoms with Crippen molar-refractivity contribution in [2.45, 2.75) is 40.2 Å². The van der Waals surface area contributed by atoms with Gasteiger partial charge in [-0.05, 0) is 73.9 Å². The van der Waals surface area contributed by atoms with Crippen LogP contribution in [0.2, 0.25) is 0 Å². The Morgan fingerprint density at radius 1 is 0.694 bits per heavy atom. The monoisotopic (exact) mass is 512 g/mol. The number of Topliss-reactive ketones (excluding diaryl/α,β-unsaturated/α-hetero) is 1. The lowest BCUT2D eigenvalue weighted by atomic mass is 10.00. The molecule has 36 heavy (non-hydrogen) atoms. The minimum Gasteiger partial charge on any atom is -0.292 e. The summed E-state index contributed by atoms with van der Waals surface area (Å²) in [6, 6.07) is 31.9. The molecule has 0 aliphatic carbocycles. The summed E-state index contributed by atoms with van der Waals surface area (Å²) >= 11 is 1.58. The first kappa shape index (κ1) is 25.7. The second-order valence-corrected chi connectivity index (χ2v) is 12.8. The van der Waals surface area contributed by atoms with Crippen molar-refractivity contribution in [2.75, 3.05) is 0 Å². The third-order valence-corrected chi connectivity index (χ3v) is 9.66. The first-order valence-corrected chi connectivity index (χ1v) is 13.9. The van der Waals surface area contributed by atoms with E-state index >= 15 is 0 Å². The lowest BCUT2D eigenvalue weighted by Crippen LogP contribution is -2.40. The van der Waals surface area contributed by atoms with Gasteiger partial charge >= 0.3 is 0 Å². The summed E-state index contributed by atoms with van der Waals surface area (Å²) in [5.41, 5.74) is 4.45. The predicted molar refractivity (Wildman–Crippen MR) is 148 cm³/mol. The molecule has 4 aromatic rings. The predicted octanol–water partition coefficient (Wildman–Crippen LogP) is 7.64. The third kappa shape index (κ3) is 5.23. The molecule has 0 amide bonds. The molecule has 0 fully saturated rings. The summed E-state index contributed by atoms with van der Waals surface area (Å²) in [5, 5.41) is 0. The molecule has 0 unspecified atom stereocenters. The quantitative estimate of drug-likeness (QED) is 0.228. The largest absolute Gasteiger partial charge is 0.292 e. The van der Waals surface area contributed by atoms with Crippen LogP contribution in [0.15, 0.2) is 124 Å². The molecule has 3 nitrogen and oxygen atoms in total. The zero-order valence-electron chi connectivity index (χ0n) is 20.6. The van der Waals surface area contributed by atoms with Crippen LogP contribution in [0.4, 0.5) is 0 Å². The Morgan fingerprint density at radius 3 is 1.69 bits per heavy atom. The van der Waals surface area contributed by atoms with Crippen LogP contribution >= 0.6 is 11.8 Å². The van der Waals surface area contributed by atoms with E-state index in [1.807, 2.05) is 73.7 Å². The van der Waals surface area contributed by atoms with Crippen molar-refractivity contribution >= 4 is 33.0 Å². The molecule has 0 saturated carbocycles. The molecule has 182 valence electrons. The lowest BCUT2D eigenvalue weighted by molar-refractivity contribution is 0.0953. The van der Waals surface area contributed by atoms with Crippen LogP contribution in [-0.2, 0) is 9.84 Å². The van der Waals surface area contributed by atoms with Crippen molar-refractivity contribution in [3.8, 4) is 0 Å². The average Bonchev–Trinajstić information content (AvgIpc) is 2.89. The van der Waals surface area contributed by atoms with Gasteiger partial charge in [-0.3, -0.25) is 4.79 Å². The molecule has 0 aromatic heterocycles. The van der Waals surface area contributed by atoms with E-state index in [4.69, 9.17) is 0 Å². The number of sulfone groups is 1. The standard InChI is InChI=1S/C31H28O3S2/c1-22-10-20-29(21-11-22)36(33,34)31(3,4)30(32)26-14-18-28(19-15-26)35-27-16-12-25(13-17-27)23(2)24-8-6-5-7-9-24/h5-21H,2H2,1,3-4H3. The van der Waals surface area contributed by atoms with E-state index in [0.717, 1.165) is 32.1 Å². The molecule has 0 N–H and O–H groups in total. The molecule has 0 aliphatic rings. The fourth-order valence-corrected chi connectivity index (χ4v) is 6.08. The molecule has 0 spiro atoms. The van der Waals surface area contributed by atoms with Crippen LogP contribution in [0.3, 0.4) is 0 Å². The molecule has 5 heteroatoms. The third-order valence-electron chi connectivity index (χ3n) is 6.23. The van der Waals surface area contributed by atoms with Gasteiger partial charge < -0.3 is 0 Å². The highest BCUT2D eigenvalue weighted by atomic mass is 32.2. The molecule has 0 atom stereocenters. The van der Waals surface area contributed by atoms with E-state index in [0.29, 0.717) is 5.56 Å². The molecular formula is C31H28O3S2. The molecule has 0 radical (unpaired) electrons. The number of ketones is 1. The van der Waals surface area contributed by atoms with Crippen molar-refractivity contribution in [3.05, 3.63) is 132 Å². The number of carbonyl (C=O) groups excluding carboxylic acids is 1. The maximum Gasteiger partial charge on any atom is 0.190 e. The average molecular weight is 513 g/mol. The number of benzene rings is 4. The summed E-state index contributed by atoms with van der Waals surface area (Å²) in [6.45, 7) is 9.05. The maximum absolute atomic E-state index is 13.2. The van der Waals surface area contributed by atoms with Crippen LogP contribution in [0.1, 0.15) is 40.9 Å². The summed E-state index contributed by atoms with van der Waals surface area (Å²) in [6.07, 6.45) is 0. The smallest absolute Gasteiger partial charge is 0.190 e. The Kier molecular flexibility index (Phi) is 7.34. The Morgan fingerprint density at radius 2 is 1.17 bits per heavy atom. The molecule has 0 bridgehead atoms. The second-order valence-electron chi connectivity index (χ2n) is 9.15. The summed E-state index contributed by atoms with van der Waals surface area (Å²) in [7, 11) is -3.85. The van der Waals surface area contributed by atoms with Gasteiger partial charge in [-0.25, -0.2) is 8.42 Å². The molecule has 0 heterocycles. The highest BCUT2D eigenvalue weighted by molar-refractivity contribution is 7.99. The maximum atomic E-state index is 13.2. The Bertz CT molecular complexity index is 1480. The summed E-state index contributed by atoms with van der Waals surface area (Å²) in [4.78, 5) is 15.4. The molecule has 0 saturated heterocycles. The lowest BCUT2D eigenvalue weighted by Gasteiger charge is -2.23. The first-order valence-electron chi connectivity index (χ1n) is 11.6. The fraction of sp³-hybridized carbons (Fsp3) is 0.129. The van der Waals surface area contributed by atoms with Crippen molar-refractivity contribution in [3.63, 3.8) is 0 Å². The second kappa shape index (κ2) is 10.3. The highest BCUT2D eigenvalue weighted by Gasteiger charge is 2.43. The zero-order chi connectivity index (χ0) is 25.9.